The molecule has 1 atom stereocenters. The highest BCUT2D eigenvalue weighted by atomic mass is 16.6. The van der Waals surface area contributed by atoms with E-state index in [1.807, 2.05) is 0 Å². The molecule has 0 heterocycles. The Morgan fingerprint density at radius 1 is 1.00 bits per heavy atom. The van der Waals surface area contributed by atoms with E-state index in [1.165, 1.54) is 0 Å². The van der Waals surface area contributed by atoms with Gasteiger partial charge in [0.05, 0.1) is 11.2 Å². The summed E-state index contributed by atoms with van der Waals surface area (Å²) in [4.78, 5) is 23.7. The molecule has 0 aliphatic carbocycles. The number of Topliss-reactive ketones (excluding diaryl/α,β-unsaturated/α-hetero) is 1. The lowest BCUT2D eigenvalue weighted by Crippen LogP contribution is -2.54. The predicted octanol–water partition coefficient (Wildman–Crippen LogP) is 2.42. The smallest absolute Gasteiger partial charge is 0.343 e. The number of hydrogen-bond acceptors (Lipinski definition) is 4. The lowest BCUT2D eigenvalue weighted by atomic mass is 9.93. The van der Waals surface area contributed by atoms with Crippen LogP contribution in [0.2, 0.25) is 0 Å². The molecule has 0 spiro atoms. The third kappa shape index (κ3) is 5.70. The van der Waals surface area contributed by atoms with Crippen LogP contribution in [-0.2, 0) is 19.1 Å². The molecule has 0 amide bonds. The van der Waals surface area contributed by atoms with E-state index < -0.39 is 28.6 Å². The molecular formula is C14H26O5. The van der Waals surface area contributed by atoms with Gasteiger partial charge in [0.1, 0.15) is 6.61 Å². The van der Waals surface area contributed by atoms with Gasteiger partial charge in [0.25, 0.3) is 0 Å². The summed E-state index contributed by atoms with van der Waals surface area (Å²) < 4.78 is 10.9. The van der Waals surface area contributed by atoms with Crippen LogP contribution in [0.15, 0.2) is 0 Å². The quantitative estimate of drug-likeness (QED) is 0.753. The largest absolute Gasteiger partial charge is 0.479 e. The molecule has 0 aromatic rings. The molecular weight excluding hydrogens is 248 g/mol. The number of carbonyl (C=O) groups is 2. The van der Waals surface area contributed by atoms with Crippen molar-refractivity contribution in [1.29, 1.82) is 0 Å². The van der Waals surface area contributed by atoms with Crippen LogP contribution in [-0.4, -0.2) is 40.3 Å². The average Bonchev–Trinajstić information content (AvgIpc) is 2.19. The zero-order chi connectivity index (χ0) is 15.5. The van der Waals surface area contributed by atoms with Crippen LogP contribution in [0.25, 0.3) is 0 Å². The Hall–Kier alpha value is -0.940. The number of aliphatic carboxylic acids is 1. The fourth-order valence-electron chi connectivity index (χ4n) is 1.56. The van der Waals surface area contributed by atoms with Crippen molar-refractivity contribution in [1.82, 2.24) is 0 Å². The summed E-state index contributed by atoms with van der Waals surface area (Å²) >= 11 is 0. The number of carboxylic acid groups (broad SMARTS) is 1. The van der Waals surface area contributed by atoms with Gasteiger partial charge in [0.15, 0.2) is 0 Å². The summed E-state index contributed by atoms with van der Waals surface area (Å²) in [5, 5.41) is 9.39. The van der Waals surface area contributed by atoms with Gasteiger partial charge in [-0.1, -0.05) is 6.92 Å². The van der Waals surface area contributed by atoms with Crippen molar-refractivity contribution in [2.75, 3.05) is 6.61 Å². The number of rotatable bonds is 6. The zero-order valence-electron chi connectivity index (χ0n) is 13.0. The molecule has 0 aliphatic rings. The maximum absolute atomic E-state index is 12.2. The van der Waals surface area contributed by atoms with Gasteiger partial charge >= 0.3 is 5.97 Å². The molecule has 5 nitrogen and oxygen atoms in total. The van der Waals surface area contributed by atoms with Crippen molar-refractivity contribution in [3.8, 4) is 0 Å². The molecule has 0 bridgehead atoms. The first-order valence-electron chi connectivity index (χ1n) is 6.45. The lowest BCUT2D eigenvalue weighted by molar-refractivity contribution is -0.193. The van der Waals surface area contributed by atoms with Gasteiger partial charge in [0, 0.05) is 0 Å². The fraction of sp³-hybridized carbons (Fsp3) is 0.857. The minimum Gasteiger partial charge on any atom is -0.479 e. The Kier molecular flexibility index (Phi) is 5.71. The molecule has 1 N–H and O–H groups in total. The first-order valence-corrected chi connectivity index (χ1v) is 6.45. The fourth-order valence-corrected chi connectivity index (χ4v) is 1.56. The number of carbonyl (C=O) groups excluding carboxylic acids is 1. The van der Waals surface area contributed by atoms with Gasteiger partial charge in [-0.15, -0.1) is 0 Å². The summed E-state index contributed by atoms with van der Waals surface area (Å²) in [6.07, 6.45) is 0.0614. The van der Waals surface area contributed by atoms with E-state index >= 15 is 0 Å². The summed E-state index contributed by atoms with van der Waals surface area (Å²) in [5.41, 5.74) is -3.08. The maximum Gasteiger partial charge on any atom is 0.343 e. The van der Waals surface area contributed by atoms with E-state index in [4.69, 9.17) is 9.47 Å². The second-order valence-electron chi connectivity index (χ2n) is 6.52. The Labute approximate surface area is 115 Å². The molecule has 0 aromatic heterocycles. The Balaban J connectivity index is 5.15. The lowest BCUT2D eigenvalue weighted by Gasteiger charge is -2.34. The van der Waals surface area contributed by atoms with E-state index in [0.29, 0.717) is 0 Å². The third-order valence-corrected chi connectivity index (χ3v) is 2.41. The summed E-state index contributed by atoms with van der Waals surface area (Å²) in [6.45, 7) is 11.9. The van der Waals surface area contributed by atoms with Gasteiger partial charge in [0.2, 0.25) is 11.4 Å². The van der Waals surface area contributed by atoms with Crippen LogP contribution in [0.4, 0.5) is 0 Å². The zero-order valence-corrected chi connectivity index (χ0v) is 13.0. The van der Waals surface area contributed by atoms with Gasteiger partial charge in [-0.05, 0) is 48.0 Å². The molecule has 0 saturated carbocycles. The van der Waals surface area contributed by atoms with Crippen molar-refractivity contribution in [2.45, 2.75) is 71.7 Å². The van der Waals surface area contributed by atoms with E-state index in [0.717, 1.165) is 0 Å². The molecule has 112 valence electrons. The van der Waals surface area contributed by atoms with Gasteiger partial charge in [-0.25, -0.2) is 4.79 Å². The number of hydrogen-bond donors (Lipinski definition) is 1. The van der Waals surface area contributed by atoms with Gasteiger partial charge < -0.3 is 14.6 Å². The topological polar surface area (TPSA) is 72.8 Å². The minimum absolute atomic E-state index is 0.0614. The van der Waals surface area contributed by atoms with Crippen LogP contribution in [0.5, 0.6) is 0 Å². The molecule has 0 saturated heterocycles. The Morgan fingerprint density at radius 2 is 1.47 bits per heavy atom. The van der Waals surface area contributed by atoms with Crippen LogP contribution in [0.1, 0.15) is 54.9 Å². The third-order valence-electron chi connectivity index (χ3n) is 2.41. The summed E-state index contributed by atoms with van der Waals surface area (Å²) in [6, 6.07) is 0. The molecule has 5 heteroatoms. The van der Waals surface area contributed by atoms with Crippen LogP contribution in [0, 0.1) is 0 Å². The second-order valence-corrected chi connectivity index (χ2v) is 6.52. The average molecular weight is 274 g/mol. The van der Waals surface area contributed by atoms with Crippen LogP contribution >= 0.6 is 0 Å². The minimum atomic E-state index is -1.84. The molecule has 0 radical (unpaired) electrons. The van der Waals surface area contributed by atoms with E-state index in [9.17, 15) is 14.7 Å². The van der Waals surface area contributed by atoms with Crippen molar-refractivity contribution in [3.63, 3.8) is 0 Å². The van der Waals surface area contributed by atoms with Crippen molar-refractivity contribution in [2.24, 2.45) is 0 Å². The molecule has 1 unspecified atom stereocenters. The van der Waals surface area contributed by atoms with Crippen molar-refractivity contribution in [3.05, 3.63) is 0 Å². The van der Waals surface area contributed by atoms with Crippen molar-refractivity contribution >= 4 is 11.8 Å². The van der Waals surface area contributed by atoms with E-state index in [-0.39, 0.29) is 13.0 Å². The number of carboxylic acids is 1. The molecule has 0 rings (SSSR count). The molecule has 0 aliphatic heterocycles. The SMILES string of the molecule is CCC(OC(C)(C)C)(C(=O)O)C(=O)COC(C)(C)C. The molecule has 0 aromatic carbocycles. The van der Waals surface area contributed by atoms with Crippen LogP contribution in [0.3, 0.4) is 0 Å². The molecule has 0 fully saturated rings. The first-order chi connectivity index (χ1) is 8.34. The highest BCUT2D eigenvalue weighted by molar-refractivity contribution is 6.07. The first kappa shape index (κ1) is 18.1. The Bertz CT molecular complexity index is 335. The molecule has 19 heavy (non-hydrogen) atoms. The number of ketones is 1. The maximum atomic E-state index is 12.2. The Morgan fingerprint density at radius 3 is 1.74 bits per heavy atom. The van der Waals surface area contributed by atoms with E-state index in [2.05, 4.69) is 0 Å². The normalized spacial score (nSPS) is 15.9. The summed E-state index contributed by atoms with van der Waals surface area (Å²) in [5.74, 6) is -1.83. The van der Waals surface area contributed by atoms with E-state index in [1.54, 1.807) is 48.5 Å². The summed E-state index contributed by atoms with van der Waals surface area (Å²) in [7, 11) is 0. The standard InChI is InChI=1S/C14H26O5/c1-8-14(11(16)17,19-13(5,6)7)10(15)9-18-12(2,3)4/h8-9H2,1-7H3,(H,16,17). The van der Waals surface area contributed by atoms with Crippen LogP contribution < -0.4 is 0 Å². The van der Waals surface area contributed by atoms with Crippen molar-refractivity contribution < 1.29 is 24.2 Å². The van der Waals surface area contributed by atoms with Gasteiger partial charge in [-0.2, -0.15) is 0 Å². The second kappa shape index (κ2) is 6.01. The monoisotopic (exact) mass is 274 g/mol. The predicted molar refractivity (Wildman–Crippen MR) is 72.2 cm³/mol. The number of ether oxygens (including phenoxy) is 2. The highest BCUT2D eigenvalue weighted by Gasteiger charge is 2.48. The van der Waals surface area contributed by atoms with Gasteiger partial charge in [-0.3, -0.25) is 4.79 Å². The highest BCUT2D eigenvalue weighted by Crippen LogP contribution is 2.26.